The van der Waals surface area contributed by atoms with E-state index < -0.39 is 6.09 Å². The van der Waals surface area contributed by atoms with Crippen LogP contribution in [-0.2, 0) is 0 Å². The lowest BCUT2D eigenvalue weighted by molar-refractivity contribution is 0.203. The molecule has 1 N–H and O–H groups in total. The van der Waals surface area contributed by atoms with Crippen LogP contribution in [0.2, 0.25) is 0 Å². The van der Waals surface area contributed by atoms with Crippen LogP contribution in [0.3, 0.4) is 0 Å². The van der Waals surface area contributed by atoms with Crippen molar-refractivity contribution < 1.29 is 14.6 Å². The smallest absolute Gasteiger partial charge is 0.411 e. The molecule has 0 aliphatic carbocycles. The van der Waals surface area contributed by atoms with Crippen molar-refractivity contribution in [2.75, 3.05) is 11.9 Å². The molecule has 104 valence electrons. The lowest BCUT2D eigenvalue weighted by Crippen LogP contribution is -2.24. The molecule has 2 rings (SSSR count). The summed E-state index contributed by atoms with van der Waals surface area (Å²) in [6.07, 6.45) is 0.330. The standard InChI is InChI=1S/C14H15N3O3/c1-9-6-4-5-7-12(9)20-13-11(17(3)14(18)19)8-15-10(2)16-13/h4-8H,1-3H3,(H,18,19). The molecule has 0 fully saturated rings. The van der Waals surface area contributed by atoms with Gasteiger partial charge in [0.2, 0.25) is 5.88 Å². The summed E-state index contributed by atoms with van der Waals surface area (Å²) < 4.78 is 5.74. The summed E-state index contributed by atoms with van der Waals surface area (Å²) in [4.78, 5) is 20.3. The molecule has 1 amide bonds. The van der Waals surface area contributed by atoms with E-state index in [-0.39, 0.29) is 5.88 Å². The Kier molecular flexibility index (Phi) is 3.84. The van der Waals surface area contributed by atoms with Crippen molar-refractivity contribution in [2.45, 2.75) is 13.8 Å². The van der Waals surface area contributed by atoms with E-state index in [0.29, 0.717) is 17.3 Å². The van der Waals surface area contributed by atoms with E-state index >= 15 is 0 Å². The van der Waals surface area contributed by atoms with Gasteiger partial charge in [-0.05, 0) is 25.5 Å². The van der Waals surface area contributed by atoms with Crippen molar-refractivity contribution in [1.82, 2.24) is 9.97 Å². The number of carboxylic acid groups (broad SMARTS) is 1. The van der Waals surface area contributed by atoms with E-state index in [2.05, 4.69) is 9.97 Å². The molecule has 1 heterocycles. The first kappa shape index (κ1) is 13.8. The Hall–Kier alpha value is -2.63. The van der Waals surface area contributed by atoms with Gasteiger partial charge in [-0.2, -0.15) is 4.98 Å². The number of nitrogens with zero attached hydrogens (tertiary/aromatic N) is 3. The second-order valence-corrected chi connectivity index (χ2v) is 4.32. The van der Waals surface area contributed by atoms with Gasteiger partial charge >= 0.3 is 6.09 Å². The van der Waals surface area contributed by atoms with Crippen molar-refractivity contribution >= 4 is 11.8 Å². The van der Waals surface area contributed by atoms with E-state index in [4.69, 9.17) is 9.84 Å². The highest BCUT2D eigenvalue weighted by Gasteiger charge is 2.17. The van der Waals surface area contributed by atoms with Crippen molar-refractivity contribution in [3.05, 3.63) is 41.9 Å². The number of hydrogen-bond acceptors (Lipinski definition) is 4. The van der Waals surface area contributed by atoms with Crippen LogP contribution in [0.4, 0.5) is 10.5 Å². The van der Waals surface area contributed by atoms with Crippen LogP contribution in [0, 0.1) is 13.8 Å². The molecular formula is C14H15N3O3. The molecule has 2 aromatic rings. The number of anilines is 1. The first-order valence-electron chi connectivity index (χ1n) is 6.03. The van der Waals surface area contributed by atoms with Gasteiger partial charge in [-0.25, -0.2) is 9.78 Å². The van der Waals surface area contributed by atoms with Crippen LogP contribution in [0.25, 0.3) is 0 Å². The number of aryl methyl sites for hydroxylation is 2. The maximum Gasteiger partial charge on any atom is 0.411 e. The molecule has 0 atom stereocenters. The highest BCUT2D eigenvalue weighted by molar-refractivity contribution is 5.86. The third-order valence-electron chi connectivity index (χ3n) is 2.80. The van der Waals surface area contributed by atoms with Crippen LogP contribution in [0.1, 0.15) is 11.4 Å². The van der Waals surface area contributed by atoms with Gasteiger partial charge < -0.3 is 9.84 Å². The molecule has 0 aliphatic rings. The molecule has 20 heavy (non-hydrogen) atoms. The normalized spacial score (nSPS) is 10.2. The molecule has 1 aromatic carbocycles. The monoisotopic (exact) mass is 273 g/mol. The summed E-state index contributed by atoms with van der Waals surface area (Å²) in [7, 11) is 1.42. The molecule has 0 saturated heterocycles. The Labute approximate surface area is 116 Å². The molecule has 0 spiro atoms. The summed E-state index contributed by atoms with van der Waals surface area (Å²) in [5.41, 5.74) is 1.24. The van der Waals surface area contributed by atoms with Gasteiger partial charge in [0.25, 0.3) is 0 Å². The van der Waals surface area contributed by atoms with E-state index in [0.717, 1.165) is 10.5 Å². The predicted octanol–water partition coefficient (Wildman–Crippen LogP) is 3.00. The maximum atomic E-state index is 11.1. The van der Waals surface area contributed by atoms with Gasteiger partial charge in [0.15, 0.2) is 0 Å². The molecule has 0 bridgehead atoms. The minimum absolute atomic E-state index is 0.219. The third-order valence-corrected chi connectivity index (χ3v) is 2.80. The summed E-state index contributed by atoms with van der Waals surface area (Å²) in [6, 6.07) is 7.45. The van der Waals surface area contributed by atoms with Crippen LogP contribution < -0.4 is 9.64 Å². The first-order valence-corrected chi connectivity index (χ1v) is 6.03. The molecule has 0 saturated carbocycles. The van der Waals surface area contributed by atoms with Crippen molar-refractivity contribution in [3.8, 4) is 11.6 Å². The number of amides is 1. The molecule has 1 aromatic heterocycles. The molecule has 0 aliphatic heterocycles. The SMILES string of the molecule is Cc1ncc(N(C)C(=O)O)c(Oc2ccccc2C)n1. The molecular weight excluding hydrogens is 258 g/mol. The minimum atomic E-state index is -1.10. The second kappa shape index (κ2) is 5.56. The Morgan fingerprint density at radius 2 is 2.00 bits per heavy atom. The fourth-order valence-corrected chi connectivity index (χ4v) is 1.63. The molecule has 6 heteroatoms. The van der Waals surface area contributed by atoms with Gasteiger partial charge in [0.1, 0.15) is 17.3 Å². The Morgan fingerprint density at radius 3 is 2.65 bits per heavy atom. The zero-order valence-electron chi connectivity index (χ0n) is 11.5. The van der Waals surface area contributed by atoms with Gasteiger partial charge in [-0.1, -0.05) is 18.2 Å². The van der Waals surface area contributed by atoms with Crippen molar-refractivity contribution in [1.29, 1.82) is 0 Å². The van der Waals surface area contributed by atoms with E-state index in [1.165, 1.54) is 13.2 Å². The lowest BCUT2D eigenvalue weighted by Gasteiger charge is -2.17. The average molecular weight is 273 g/mol. The third kappa shape index (κ3) is 2.85. The Morgan fingerprint density at radius 1 is 1.30 bits per heavy atom. The summed E-state index contributed by atoms with van der Waals surface area (Å²) in [5.74, 6) is 1.36. The quantitative estimate of drug-likeness (QED) is 0.930. The van der Waals surface area contributed by atoms with Crippen LogP contribution in [0.15, 0.2) is 30.5 Å². The summed E-state index contributed by atoms with van der Waals surface area (Å²) >= 11 is 0. The highest BCUT2D eigenvalue weighted by atomic mass is 16.5. The number of aromatic nitrogens is 2. The van der Waals surface area contributed by atoms with Crippen LogP contribution in [0.5, 0.6) is 11.6 Å². The number of rotatable bonds is 3. The zero-order chi connectivity index (χ0) is 14.7. The number of benzene rings is 1. The van der Waals surface area contributed by atoms with E-state index in [1.54, 1.807) is 13.0 Å². The molecule has 0 radical (unpaired) electrons. The van der Waals surface area contributed by atoms with Crippen LogP contribution >= 0.6 is 0 Å². The van der Waals surface area contributed by atoms with Gasteiger partial charge in [-0.15, -0.1) is 0 Å². The van der Waals surface area contributed by atoms with E-state index in [9.17, 15) is 4.79 Å². The largest absolute Gasteiger partial charge is 0.465 e. The molecule has 0 unspecified atom stereocenters. The fraction of sp³-hybridized carbons (Fsp3) is 0.214. The van der Waals surface area contributed by atoms with Gasteiger partial charge in [0.05, 0.1) is 6.20 Å². The van der Waals surface area contributed by atoms with Crippen LogP contribution in [-0.4, -0.2) is 28.2 Å². The Balaban J connectivity index is 2.42. The van der Waals surface area contributed by atoms with E-state index in [1.807, 2.05) is 25.1 Å². The highest BCUT2D eigenvalue weighted by Crippen LogP contribution is 2.30. The lowest BCUT2D eigenvalue weighted by atomic mass is 10.2. The topological polar surface area (TPSA) is 75.6 Å². The number of carbonyl (C=O) groups is 1. The fourth-order valence-electron chi connectivity index (χ4n) is 1.63. The zero-order valence-corrected chi connectivity index (χ0v) is 11.5. The first-order chi connectivity index (χ1) is 9.49. The summed E-state index contributed by atoms with van der Waals surface area (Å²) in [5, 5.41) is 9.06. The average Bonchev–Trinajstić information content (AvgIpc) is 2.41. The predicted molar refractivity (Wildman–Crippen MR) is 74.4 cm³/mol. The maximum absolute atomic E-state index is 11.1. The second-order valence-electron chi connectivity index (χ2n) is 4.32. The summed E-state index contributed by atoms with van der Waals surface area (Å²) in [6.45, 7) is 3.62. The van der Waals surface area contributed by atoms with Crippen molar-refractivity contribution in [2.24, 2.45) is 0 Å². The number of ether oxygens (including phenoxy) is 1. The molecule has 6 nitrogen and oxygen atoms in total. The van der Waals surface area contributed by atoms with Gasteiger partial charge in [-0.3, -0.25) is 4.90 Å². The Bertz CT molecular complexity index is 643. The van der Waals surface area contributed by atoms with Crippen molar-refractivity contribution in [3.63, 3.8) is 0 Å². The minimum Gasteiger partial charge on any atom is -0.465 e. The van der Waals surface area contributed by atoms with Gasteiger partial charge in [0, 0.05) is 7.05 Å². The number of hydrogen-bond donors (Lipinski definition) is 1. The number of para-hydroxylation sites is 1.